The first-order chi connectivity index (χ1) is 10.3. The quantitative estimate of drug-likeness (QED) is 0.758. The zero-order valence-corrected chi connectivity index (χ0v) is 13.0. The number of fused-ring (bicyclic) bond motifs is 1. The predicted octanol–water partition coefficient (Wildman–Crippen LogP) is 2.22. The molecule has 0 spiro atoms. The van der Waals surface area contributed by atoms with Crippen LogP contribution in [0.1, 0.15) is 44.4 Å². The van der Waals surface area contributed by atoms with Gasteiger partial charge in [-0.3, -0.25) is 9.59 Å². The van der Waals surface area contributed by atoms with Crippen LogP contribution >= 0.6 is 0 Å². The third-order valence-electron chi connectivity index (χ3n) is 3.87. The van der Waals surface area contributed by atoms with Crippen molar-refractivity contribution in [3.63, 3.8) is 0 Å². The zero-order chi connectivity index (χ0) is 16.1. The summed E-state index contributed by atoms with van der Waals surface area (Å²) in [5.41, 5.74) is 2.08. The van der Waals surface area contributed by atoms with Crippen LogP contribution in [0.4, 0.5) is 17.1 Å². The van der Waals surface area contributed by atoms with Crippen molar-refractivity contribution in [1.82, 2.24) is 0 Å². The lowest BCUT2D eigenvalue weighted by Crippen LogP contribution is -2.41. The van der Waals surface area contributed by atoms with Crippen LogP contribution in [0.25, 0.3) is 0 Å². The molecule has 0 aromatic heterocycles. The average molecular weight is 300 g/mol. The molecule has 0 heterocycles. The summed E-state index contributed by atoms with van der Waals surface area (Å²) in [5.74, 6) is 0. The van der Waals surface area contributed by atoms with Crippen LogP contribution in [0.15, 0.2) is 27.8 Å². The van der Waals surface area contributed by atoms with Crippen molar-refractivity contribution < 1.29 is 5.11 Å². The molecule has 0 radical (unpaired) electrons. The van der Waals surface area contributed by atoms with Gasteiger partial charge in [0.05, 0.1) is 6.10 Å². The second-order valence-corrected chi connectivity index (χ2v) is 6.88. The minimum Gasteiger partial charge on any atom is -0.388 e. The van der Waals surface area contributed by atoms with Crippen molar-refractivity contribution in [3.8, 4) is 0 Å². The Kier molecular flexibility index (Phi) is 3.33. The van der Waals surface area contributed by atoms with Gasteiger partial charge < -0.3 is 15.7 Å². The molecular weight excluding hydrogens is 280 g/mol. The fourth-order valence-electron chi connectivity index (χ4n) is 2.81. The molecule has 2 aromatic carbocycles. The molecule has 0 aliphatic heterocycles. The summed E-state index contributed by atoms with van der Waals surface area (Å²) in [4.78, 5) is 23.5. The highest BCUT2D eigenvalue weighted by Crippen LogP contribution is 2.34. The lowest BCUT2D eigenvalue weighted by Gasteiger charge is -2.25. The third-order valence-corrected chi connectivity index (χ3v) is 3.87. The maximum atomic E-state index is 11.8. The molecule has 22 heavy (non-hydrogen) atoms. The van der Waals surface area contributed by atoms with E-state index in [1.54, 1.807) is 0 Å². The topological polar surface area (TPSA) is 78.4 Å². The van der Waals surface area contributed by atoms with Gasteiger partial charge in [-0.1, -0.05) is 6.07 Å². The molecule has 5 nitrogen and oxygen atoms in total. The van der Waals surface area contributed by atoms with Gasteiger partial charge in [-0.15, -0.1) is 0 Å². The molecule has 5 heteroatoms. The van der Waals surface area contributed by atoms with Crippen LogP contribution in [-0.2, 0) is 6.42 Å². The summed E-state index contributed by atoms with van der Waals surface area (Å²) < 4.78 is 0. The highest BCUT2D eigenvalue weighted by Gasteiger charge is 2.25. The van der Waals surface area contributed by atoms with E-state index in [-0.39, 0.29) is 5.54 Å². The van der Waals surface area contributed by atoms with Gasteiger partial charge in [0, 0.05) is 11.2 Å². The first kappa shape index (κ1) is 14.8. The lowest BCUT2D eigenvalue weighted by molar-refractivity contribution is 0.180. The molecule has 0 saturated heterocycles. The Balaban J connectivity index is 1.89. The monoisotopic (exact) mass is 300 g/mol. The van der Waals surface area contributed by atoms with Crippen LogP contribution in [0, 0.1) is 0 Å². The number of aliphatic hydroxyl groups excluding tert-OH is 1. The SMILES string of the molecule is CC(C)(C)Nc1c(Nc2ccc3c(c2)C(O)CC3)c(=O)c1=O. The Bertz CT molecular complexity index is 795. The van der Waals surface area contributed by atoms with Crippen LogP contribution in [0.5, 0.6) is 0 Å². The second kappa shape index (κ2) is 4.95. The normalized spacial score (nSPS) is 17.5. The maximum Gasteiger partial charge on any atom is 0.253 e. The summed E-state index contributed by atoms with van der Waals surface area (Å²) >= 11 is 0. The van der Waals surface area contributed by atoms with E-state index in [2.05, 4.69) is 10.6 Å². The molecule has 1 aliphatic rings. The highest BCUT2D eigenvalue weighted by atomic mass is 16.3. The van der Waals surface area contributed by atoms with Gasteiger partial charge in [0.1, 0.15) is 11.4 Å². The van der Waals surface area contributed by atoms with Crippen molar-refractivity contribution in [2.75, 3.05) is 10.6 Å². The molecule has 0 saturated carbocycles. The van der Waals surface area contributed by atoms with Gasteiger partial charge in [0.15, 0.2) is 0 Å². The number of rotatable bonds is 3. The zero-order valence-electron chi connectivity index (χ0n) is 13.0. The average Bonchev–Trinajstić information content (AvgIpc) is 2.82. The summed E-state index contributed by atoms with van der Waals surface area (Å²) in [6.07, 6.45) is 1.15. The Labute approximate surface area is 128 Å². The summed E-state index contributed by atoms with van der Waals surface area (Å²) in [6, 6.07) is 5.68. The van der Waals surface area contributed by atoms with E-state index in [1.807, 2.05) is 39.0 Å². The Morgan fingerprint density at radius 2 is 1.82 bits per heavy atom. The Morgan fingerprint density at radius 1 is 1.14 bits per heavy atom. The Morgan fingerprint density at radius 3 is 2.50 bits per heavy atom. The van der Waals surface area contributed by atoms with Gasteiger partial charge in [-0.05, 0) is 56.9 Å². The second-order valence-electron chi connectivity index (χ2n) is 6.88. The molecule has 1 aliphatic carbocycles. The molecule has 2 aromatic rings. The van der Waals surface area contributed by atoms with Crippen LogP contribution in [-0.4, -0.2) is 10.6 Å². The van der Waals surface area contributed by atoms with E-state index in [9.17, 15) is 14.7 Å². The lowest BCUT2D eigenvalue weighted by atomic mass is 10.1. The largest absolute Gasteiger partial charge is 0.388 e. The van der Waals surface area contributed by atoms with Crippen molar-refractivity contribution in [1.29, 1.82) is 0 Å². The maximum absolute atomic E-state index is 11.8. The van der Waals surface area contributed by atoms with E-state index >= 15 is 0 Å². The molecule has 0 bridgehead atoms. The van der Waals surface area contributed by atoms with E-state index < -0.39 is 17.0 Å². The fourth-order valence-corrected chi connectivity index (χ4v) is 2.81. The highest BCUT2D eigenvalue weighted by molar-refractivity contribution is 5.79. The van der Waals surface area contributed by atoms with Gasteiger partial charge in [0.25, 0.3) is 10.9 Å². The number of nitrogens with one attached hydrogen (secondary N) is 2. The molecule has 0 fully saturated rings. The molecular formula is C17H20N2O3. The summed E-state index contributed by atoms with van der Waals surface area (Å²) in [5, 5.41) is 16.0. The summed E-state index contributed by atoms with van der Waals surface area (Å²) in [7, 11) is 0. The number of benzene rings is 1. The van der Waals surface area contributed by atoms with E-state index in [0.717, 1.165) is 24.0 Å². The smallest absolute Gasteiger partial charge is 0.253 e. The number of anilines is 3. The summed E-state index contributed by atoms with van der Waals surface area (Å²) in [6.45, 7) is 5.79. The number of aryl methyl sites for hydroxylation is 1. The molecule has 1 unspecified atom stereocenters. The number of aliphatic hydroxyl groups is 1. The first-order valence-electron chi connectivity index (χ1n) is 7.45. The van der Waals surface area contributed by atoms with Gasteiger partial charge in [0.2, 0.25) is 0 Å². The van der Waals surface area contributed by atoms with Crippen LogP contribution in [0.3, 0.4) is 0 Å². The molecule has 1 atom stereocenters. The molecule has 116 valence electrons. The number of hydrogen-bond acceptors (Lipinski definition) is 5. The van der Waals surface area contributed by atoms with Crippen molar-refractivity contribution in [2.45, 2.75) is 45.3 Å². The standard InChI is InChI=1S/C17H20N2O3/c1-17(2,3)19-14-13(15(21)16(14)22)18-10-6-4-9-5-7-12(20)11(9)8-10/h4,6,8,12,18-20H,5,7H2,1-3H3. The molecule has 3 N–H and O–H groups in total. The minimum absolute atomic E-state index is 0.298. The van der Waals surface area contributed by atoms with E-state index in [1.165, 1.54) is 0 Å². The van der Waals surface area contributed by atoms with Gasteiger partial charge >= 0.3 is 0 Å². The third kappa shape index (κ3) is 2.52. The Hall–Kier alpha value is -2.14. The van der Waals surface area contributed by atoms with Crippen molar-refractivity contribution >= 4 is 17.1 Å². The predicted molar refractivity (Wildman–Crippen MR) is 87.7 cm³/mol. The van der Waals surface area contributed by atoms with Gasteiger partial charge in [-0.2, -0.15) is 0 Å². The van der Waals surface area contributed by atoms with E-state index in [4.69, 9.17) is 0 Å². The molecule has 0 amide bonds. The van der Waals surface area contributed by atoms with E-state index in [0.29, 0.717) is 17.1 Å². The van der Waals surface area contributed by atoms with Crippen LogP contribution in [0.2, 0.25) is 0 Å². The van der Waals surface area contributed by atoms with Crippen molar-refractivity contribution in [3.05, 3.63) is 49.8 Å². The minimum atomic E-state index is -0.507. The molecule has 3 rings (SSSR count). The number of hydrogen-bond donors (Lipinski definition) is 3. The van der Waals surface area contributed by atoms with Crippen LogP contribution < -0.4 is 21.5 Å². The fraction of sp³-hybridized carbons (Fsp3) is 0.412. The van der Waals surface area contributed by atoms with Crippen molar-refractivity contribution in [2.24, 2.45) is 0 Å². The first-order valence-corrected chi connectivity index (χ1v) is 7.45. The van der Waals surface area contributed by atoms with Gasteiger partial charge in [-0.25, -0.2) is 0 Å².